The number of hydrogen-bond acceptors (Lipinski definition) is 3. The minimum absolute atomic E-state index is 0.161. The third kappa shape index (κ3) is 5.21. The molecule has 0 aliphatic carbocycles. The number of aromatic hydroxyl groups is 1. The van der Waals surface area contributed by atoms with Crippen LogP contribution in [-0.2, 0) is 12.0 Å². The van der Waals surface area contributed by atoms with Gasteiger partial charge < -0.3 is 14.9 Å². The number of unbranched alkanes of at least 4 members (excludes halogenated alkanes) is 3. The number of likely N-dealkylation sites (tertiary alicyclic amines) is 1. The molecule has 3 heteroatoms. The lowest BCUT2D eigenvalue weighted by molar-refractivity contribution is 0.109. The molecule has 1 heterocycles. The van der Waals surface area contributed by atoms with Crippen molar-refractivity contribution < 1.29 is 5.11 Å². The standard InChI is InChI=1S/C22H38N2O/c1-6-7-8-9-13-24-14-12-22(3,18(2)16-24)20-11-10-19(17-23(4)5)21(25)15-20/h10-11,15,18,25H,6-9,12-14,16-17H2,1-5H3/t18-,22-/m0/s1. The zero-order chi connectivity index (χ0) is 18.4. The van der Waals surface area contributed by atoms with Gasteiger partial charge in [0.1, 0.15) is 5.75 Å². The van der Waals surface area contributed by atoms with Crippen LogP contribution < -0.4 is 0 Å². The number of phenolic OH excluding ortho intramolecular Hbond substituents is 1. The van der Waals surface area contributed by atoms with Gasteiger partial charge in [-0.3, -0.25) is 0 Å². The fourth-order valence-electron chi connectivity index (χ4n) is 4.10. The fraction of sp³-hybridized carbons (Fsp3) is 0.727. The molecule has 3 nitrogen and oxygen atoms in total. The maximum Gasteiger partial charge on any atom is 0.120 e. The number of hydrogen-bond donors (Lipinski definition) is 1. The molecule has 0 spiro atoms. The minimum Gasteiger partial charge on any atom is -0.508 e. The largest absolute Gasteiger partial charge is 0.508 e. The van der Waals surface area contributed by atoms with Crippen molar-refractivity contribution in [2.24, 2.45) is 5.92 Å². The van der Waals surface area contributed by atoms with Gasteiger partial charge in [-0.1, -0.05) is 52.2 Å². The Bertz CT molecular complexity index is 543. The average Bonchev–Trinajstić information content (AvgIpc) is 2.56. The summed E-state index contributed by atoms with van der Waals surface area (Å²) in [7, 11) is 4.07. The van der Waals surface area contributed by atoms with Crippen LogP contribution in [0.2, 0.25) is 0 Å². The van der Waals surface area contributed by atoms with E-state index in [0.717, 1.165) is 12.1 Å². The predicted octanol–water partition coefficient (Wildman–Crippen LogP) is 4.63. The molecule has 1 aromatic rings. The summed E-state index contributed by atoms with van der Waals surface area (Å²) in [5, 5.41) is 10.5. The average molecular weight is 347 g/mol. The van der Waals surface area contributed by atoms with Gasteiger partial charge in [-0.15, -0.1) is 0 Å². The molecule has 1 aliphatic heterocycles. The van der Waals surface area contributed by atoms with Crippen molar-refractivity contribution in [1.82, 2.24) is 9.80 Å². The zero-order valence-corrected chi connectivity index (χ0v) is 17.0. The van der Waals surface area contributed by atoms with Gasteiger partial charge in [0.25, 0.3) is 0 Å². The molecule has 0 unspecified atom stereocenters. The van der Waals surface area contributed by atoms with Crippen molar-refractivity contribution in [3.8, 4) is 5.75 Å². The molecule has 25 heavy (non-hydrogen) atoms. The molecule has 1 fully saturated rings. The highest BCUT2D eigenvalue weighted by Crippen LogP contribution is 2.41. The molecule has 0 bridgehead atoms. The smallest absolute Gasteiger partial charge is 0.120 e. The van der Waals surface area contributed by atoms with Crippen LogP contribution >= 0.6 is 0 Å². The van der Waals surface area contributed by atoms with Gasteiger partial charge in [-0.2, -0.15) is 0 Å². The van der Waals surface area contributed by atoms with Gasteiger partial charge >= 0.3 is 0 Å². The summed E-state index contributed by atoms with van der Waals surface area (Å²) in [6, 6.07) is 6.37. The highest BCUT2D eigenvalue weighted by molar-refractivity contribution is 5.40. The van der Waals surface area contributed by atoms with E-state index in [1.165, 1.54) is 57.3 Å². The summed E-state index contributed by atoms with van der Waals surface area (Å²) in [5.74, 6) is 1.05. The third-order valence-electron chi connectivity index (χ3n) is 6.13. The molecular formula is C22H38N2O. The Morgan fingerprint density at radius 1 is 1.24 bits per heavy atom. The van der Waals surface area contributed by atoms with Crippen LogP contribution in [0.1, 0.15) is 64.0 Å². The third-order valence-corrected chi connectivity index (χ3v) is 6.13. The van der Waals surface area contributed by atoms with Crippen LogP contribution in [0.5, 0.6) is 5.75 Å². The van der Waals surface area contributed by atoms with Gasteiger partial charge in [0, 0.05) is 18.7 Å². The van der Waals surface area contributed by atoms with Crippen molar-refractivity contribution in [3.05, 3.63) is 29.3 Å². The maximum atomic E-state index is 10.5. The Morgan fingerprint density at radius 3 is 2.60 bits per heavy atom. The SMILES string of the molecule is CCCCCCN1CC[C@](C)(c2ccc(CN(C)C)c(O)c2)[C@@H](C)C1. The lowest BCUT2D eigenvalue weighted by Gasteiger charge is -2.45. The van der Waals surface area contributed by atoms with E-state index in [1.807, 2.05) is 20.2 Å². The zero-order valence-electron chi connectivity index (χ0n) is 17.0. The van der Waals surface area contributed by atoms with Crippen LogP contribution in [0.4, 0.5) is 0 Å². The number of phenols is 1. The van der Waals surface area contributed by atoms with Gasteiger partial charge in [0.05, 0.1) is 0 Å². The van der Waals surface area contributed by atoms with E-state index in [4.69, 9.17) is 0 Å². The van der Waals surface area contributed by atoms with Crippen LogP contribution in [0.3, 0.4) is 0 Å². The molecule has 0 aromatic heterocycles. The predicted molar refractivity (Wildman–Crippen MR) is 107 cm³/mol. The van der Waals surface area contributed by atoms with Crippen molar-refractivity contribution in [2.75, 3.05) is 33.7 Å². The Hall–Kier alpha value is -1.06. The maximum absolute atomic E-state index is 10.5. The molecule has 1 N–H and O–H groups in total. The summed E-state index contributed by atoms with van der Waals surface area (Å²) in [4.78, 5) is 4.73. The van der Waals surface area contributed by atoms with E-state index in [9.17, 15) is 5.11 Å². The molecule has 1 saturated heterocycles. The first-order valence-corrected chi connectivity index (χ1v) is 10.1. The van der Waals surface area contributed by atoms with Gasteiger partial charge in [0.2, 0.25) is 0 Å². The fourth-order valence-corrected chi connectivity index (χ4v) is 4.10. The molecule has 1 aromatic carbocycles. The van der Waals surface area contributed by atoms with E-state index >= 15 is 0 Å². The molecular weight excluding hydrogens is 308 g/mol. The van der Waals surface area contributed by atoms with Gasteiger partial charge in [-0.25, -0.2) is 0 Å². The van der Waals surface area contributed by atoms with E-state index < -0.39 is 0 Å². The molecule has 1 aliphatic rings. The molecule has 2 atom stereocenters. The first-order chi connectivity index (χ1) is 11.9. The second kappa shape index (κ2) is 9.05. The molecule has 0 amide bonds. The van der Waals surface area contributed by atoms with E-state index in [0.29, 0.717) is 11.7 Å². The monoisotopic (exact) mass is 346 g/mol. The lowest BCUT2D eigenvalue weighted by Crippen LogP contribution is -2.47. The van der Waals surface area contributed by atoms with Crippen molar-refractivity contribution >= 4 is 0 Å². The van der Waals surface area contributed by atoms with Crippen LogP contribution in [0.25, 0.3) is 0 Å². The summed E-state index contributed by atoms with van der Waals surface area (Å²) in [5.41, 5.74) is 2.47. The first kappa shape index (κ1) is 20.3. The number of nitrogens with zero attached hydrogens (tertiary/aromatic N) is 2. The molecule has 142 valence electrons. The Morgan fingerprint density at radius 2 is 2.00 bits per heavy atom. The second-order valence-corrected chi connectivity index (χ2v) is 8.51. The lowest BCUT2D eigenvalue weighted by atomic mass is 9.68. The van der Waals surface area contributed by atoms with E-state index in [1.54, 1.807) is 0 Å². The summed E-state index contributed by atoms with van der Waals surface area (Å²) in [6.07, 6.45) is 6.53. The molecule has 0 radical (unpaired) electrons. The van der Waals surface area contributed by atoms with Crippen LogP contribution in [0.15, 0.2) is 18.2 Å². The van der Waals surface area contributed by atoms with Crippen molar-refractivity contribution in [3.63, 3.8) is 0 Å². The summed E-state index contributed by atoms with van der Waals surface area (Å²) in [6.45, 7) is 11.4. The first-order valence-electron chi connectivity index (χ1n) is 10.1. The highest BCUT2D eigenvalue weighted by Gasteiger charge is 2.38. The number of benzene rings is 1. The minimum atomic E-state index is 0.161. The van der Waals surface area contributed by atoms with Gasteiger partial charge in [0.15, 0.2) is 0 Å². The summed E-state index contributed by atoms with van der Waals surface area (Å²) < 4.78 is 0. The number of rotatable bonds is 8. The topological polar surface area (TPSA) is 26.7 Å². The number of piperidine rings is 1. The van der Waals surface area contributed by atoms with E-state index in [2.05, 4.69) is 42.7 Å². The van der Waals surface area contributed by atoms with Crippen molar-refractivity contribution in [1.29, 1.82) is 0 Å². The van der Waals surface area contributed by atoms with E-state index in [-0.39, 0.29) is 5.41 Å². The summed E-state index contributed by atoms with van der Waals surface area (Å²) >= 11 is 0. The Labute approximate surface area is 155 Å². The Kier molecular flexibility index (Phi) is 7.33. The molecule has 2 rings (SSSR count). The van der Waals surface area contributed by atoms with Crippen LogP contribution in [-0.4, -0.2) is 48.6 Å². The molecule has 0 saturated carbocycles. The van der Waals surface area contributed by atoms with Crippen molar-refractivity contribution in [2.45, 2.75) is 64.8 Å². The second-order valence-electron chi connectivity index (χ2n) is 8.51. The Balaban J connectivity index is 2.01. The van der Waals surface area contributed by atoms with Crippen LogP contribution in [0, 0.1) is 5.92 Å². The van der Waals surface area contributed by atoms with Gasteiger partial charge in [-0.05, 0) is 63.0 Å². The normalized spacial score (nSPS) is 24.8. The highest BCUT2D eigenvalue weighted by atomic mass is 16.3. The quantitative estimate of drug-likeness (QED) is 0.695.